The molecule has 1 aromatic heterocycles. The number of benzene rings is 1. The molecule has 0 radical (unpaired) electrons. The average Bonchev–Trinajstić information content (AvgIpc) is 2.82. The van der Waals surface area contributed by atoms with E-state index in [4.69, 9.17) is 4.74 Å². The fourth-order valence-corrected chi connectivity index (χ4v) is 2.11. The molecule has 0 saturated carbocycles. The molecular formula is C15H21N3O. The van der Waals surface area contributed by atoms with E-state index in [9.17, 15) is 0 Å². The zero-order valence-corrected chi connectivity index (χ0v) is 11.8. The SMILES string of the molecule is COc1ccccc1CC(C)NCc1cncn1C. The Balaban J connectivity index is 1.90. The summed E-state index contributed by atoms with van der Waals surface area (Å²) in [5, 5.41) is 3.51. The van der Waals surface area contributed by atoms with Crippen molar-refractivity contribution in [2.75, 3.05) is 7.11 Å². The Hall–Kier alpha value is -1.81. The lowest BCUT2D eigenvalue weighted by molar-refractivity contribution is 0.405. The monoisotopic (exact) mass is 259 g/mol. The van der Waals surface area contributed by atoms with Gasteiger partial charge in [-0.2, -0.15) is 0 Å². The molecule has 4 nitrogen and oxygen atoms in total. The van der Waals surface area contributed by atoms with E-state index in [-0.39, 0.29) is 0 Å². The molecule has 1 N–H and O–H groups in total. The zero-order valence-electron chi connectivity index (χ0n) is 11.8. The molecule has 0 aliphatic carbocycles. The van der Waals surface area contributed by atoms with E-state index in [0.29, 0.717) is 6.04 Å². The van der Waals surface area contributed by atoms with Crippen LogP contribution in [0.3, 0.4) is 0 Å². The fraction of sp³-hybridized carbons (Fsp3) is 0.400. The molecule has 0 saturated heterocycles. The lowest BCUT2D eigenvalue weighted by Crippen LogP contribution is -2.28. The van der Waals surface area contributed by atoms with E-state index in [2.05, 4.69) is 23.3 Å². The van der Waals surface area contributed by atoms with Gasteiger partial charge in [0.25, 0.3) is 0 Å². The smallest absolute Gasteiger partial charge is 0.122 e. The molecule has 0 fully saturated rings. The van der Waals surface area contributed by atoms with E-state index in [0.717, 1.165) is 18.7 Å². The van der Waals surface area contributed by atoms with Gasteiger partial charge in [-0.25, -0.2) is 4.98 Å². The molecule has 0 aliphatic heterocycles. The van der Waals surface area contributed by atoms with Gasteiger partial charge in [0.05, 0.1) is 19.1 Å². The van der Waals surface area contributed by atoms with Gasteiger partial charge in [0.1, 0.15) is 5.75 Å². The van der Waals surface area contributed by atoms with Crippen LogP contribution in [-0.4, -0.2) is 22.7 Å². The second kappa shape index (κ2) is 6.38. The summed E-state index contributed by atoms with van der Waals surface area (Å²) in [5.74, 6) is 0.955. The molecule has 4 heteroatoms. The van der Waals surface area contributed by atoms with Crippen molar-refractivity contribution in [3.05, 3.63) is 48.0 Å². The second-order valence-electron chi connectivity index (χ2n) is 4.79. The van der Waals surface area contributed by atoms with Crippen molar-refractivity contribution in [3.63, 3.8) is 0 Å². The van der Waals surface area contributed by atoms with Crippen LogP contribution in [0.5, 0.6) is 5.75 Å². The summed E-state index contributed by atoms with van der Waals surface area (Å²) in [4.78, 5) is 4.11. The van der Waals surface area contributed by atoms with Gasteiger partial charge < -0.3 is 14.6 Å². The Morgan fingerprint density at radius 2 is 2.16 bits per heavy atom. The molecule has 0 aliphatic rings. The van der Waals surface area contributed by atoms with Crippen LogP contribution in [-0.2, 0) is 20.0 Å². The van der Waals surface area contributed by atoms with Crippen LogP contribution in [0, 0.1) is 0 Å². The molecule has 2 aromatic rings. The van der Waals surface area contributed by atoms with Crippen molar-refractivity contribution in [1.29, 1.82) is 0 Å². The van der Waals surface area contributed by atoms with Crippen LogP contribution in [0.25, 0.3) is 0 Å². The molecule has 0 bridgehead atoms. The number of imidazole rings is 1. The third-order valence-corrected chi connectivity index (χ3v) is 3.27. The molecule has 1 unspecified atom stereocenters. The standard InChI is InChI=1S/C15H21N3O/c1-12(17-10-14-9-16-11-18(14)2)8-13-6-4-5-7-15(13)19-3/h4-7,9,11-12,17H,8,10H2,1-3H3. The molecule has 1 atom stereocenters. The molecule has 1 heterocycles. The van der Waals surface area contributed by atoms with E-state index < -0.39 is 0 Å². The van der Waals surface area contributed by atoms with E-state index >= 15 is 0 Å². The number of methoxy groups -OCH3 is 1. The number of hydrogen-bond acceptors (Lipinski definition) is 3. The Labute approximate surface area is 114 Å². The van der Waals surface area contributed by atoms with E-state index in [1.165, 1.54) is 11.3 Å². The summed E-state index contributed by atoms with van der Waals surface area (Å²) in [6, 6.07) is 8.54. The molecule has 0 amide bonds. The van der Waals surface area contributed by atoms with Crippen LogP contribution in [0.15, 0.2) is 36.8 Å². The third kappa shape index (κ3) is 3.58. The maximum Gasteiger partial charge on any atom is 0.122 e. The first-order valence-electron chi connectivity index (χ1n) is 6.51. The molecule has 19 heavy (non-hydrogen) atoms. The number of hydrogen-bond donors (Lipinski definition) is 1. The summed E-state index contributed by atoms with van der Waals surface area (Å²) in [6.45, 7) is 3.01. The highest BCUT2D eigenvalue weighted by Gasteiger charge is 2.08. The maximum atomic E-state index is 5.37. The largest absolute Gasteiger partial charge is 0.496 e. The highest BCUT2D eigenvalue weighted by Crippen LogP contribution is 2.18. The summed E-state index contributed by atoms with van der Waals surface area (Å²) in [7, 11) is 3.72. The molecule has 102 valence electrons. The average molecular weight is 259 g/mol. The topological polar surface area (TPSA) is 39.1 Å². The highest BCUT2D eigenvalue weighted by molar-refractivity contribution is 5.33. The van der Waals surface area contributed by atoms with Crippen LogP contribution >= 0.6 is 0 Å². The number of nitrogens with zero attached hydrogens (tertiary/aromatic N) is 2. The number of aromatic nitrogens is 2. The number of rotatable bonds is 6. The van der Waals surface area contributed by atoms with Gasteiger partial charge in [0.2, 0.25) is 0 Å². The second-order valence-corrected chi connectivity index (χ2v) is 4.79. The van der Waals surface area contributed by atoms with Crippen LogP contribution < -0.4 is 10.1 Å². The molecule has 0 spiro atoms. The number of nitrogens with one attached hydrogen (secondary N) is 1. The normalized spacial score (nSPS) is 12.4. The number of para-hydroxylation sites is 1. The minimum absolute atomic E-state index is 0.381. The van der Waals surface area contributed by atoms with Crippen molar-refractivity contribution in [1.82, 2.24) is 14.9 Å². The Kier molecular flexibility index (Phi) is 4.58. The van der Waals surface area contributed by atoms with Gasteiger partial charge in [0, 0.05) is 25.8 Å². The first kappa shape index (κ1) is 13.6. The van der Waals surface area contributed by atoms with Gasteiger partial charge in [-0.3, -0.25) is 0 Å². The molecular weight excluding hydrogens is 238 g/mol. The van der Waals surface area contributed by atoms with Crippen LogP contribution in [0.4, 0.5) is 0 Å². The van der Waals surface area contributed by atoms with Crippen molar-refractivity contribution in [2.24, 2.45) is 7.05 Å². The molecule has 1 aromatic carbocycles. The van der Waals surface area contributed by atoms with Crippen LogP contribution in [0.1, 0.15) is 18.2 Å². The summed E-state index contributed by atoms with van der Waals surface area (Å²) in [5.41, 5.74) is 2.42. The summed E-state index contributed by atoms with van der Waals surface area (Å²) < 4.78 is 7.40. The minimum atomic E-state index is 0.381. The fourth-order valence-electron chi connectivity index (χ4n) is 2.11. The lowest BCUT2D eigenvalue weighted by atomic mass is 10.1. The maximum absolute atomic E-state index is 5.37. The Morgan fingerprint density at radius 3 is 2.84 bits per heavy atom. The first-order chi connectivity index (χ1) is 9.20. The van der Waals surface area contributed by atoms with E-state index in [1.54, 1.807) is 7.11 Å². The van der Waals surface area contributed by atoms with Gasteiger partial charge in [-0.05, 0) is 25.0 Å². The zero-order chi connectivity index (χ0) is 13.7. The first-order valence-corrected chi connectivity index (χ1v) is 6.51. The predicted octanol–water partition coefficient (Wildman–Crippen LogP) is 2.15. The Morgan fingerprint density at radius 1 is 1.37 bits per heavy atom. The van der Waals surface area contributed by atoms with Crippen molar-refractivity contribution in [2.45, 2.75) is 25.9 Å². The van der Waals surface area contributed by atoms with Gasteiger partial charge >= 0.3 is 0 Å². The van der Waals surface area contributed by atoms with Gasteiger partial charge in [-0.15, -0.1) is 0 Å². The van der Waals surface area contributed by atoms with E-state index in [1.807, 2.05) is 42.3 Å². The summed E-state index contributed by atoms with van der Waals surface area (Å²) in [6.07, 6.45) is 4.66. The van der Waals surface area contributed by atoms with Gasteiger partial charge in [-0.1, -0.05) is 18.2 Å². The van der Waals surface area contributed by atoms with Crippen molar-refractivity contribution < 1.29 is 4.74 Å². The number of ether oxygens (including phenoxy) is 1. The summed E-state index contributed by atoms with van der Waals surface area (Å²) >= 11 is 0. The van der Waals surface area contributed by atoms with Crippen molar-refractivity contribution in [3.8, 4) is 5.75 Å². The van der Waals surface area contributed by atoms with Crippen molar-refractivity contribution >= 4 is 0 Å². The van der Waals surface area contributed by atoms with Crippen LogP contribution in [0.2, 0.25) is 0 Å². The minimum Gasteiger partial charge on any atom is -0.496 e. The third-order valence-electron chi connectivity index (χ3n) is 3.27. The number of aryl methyl sites for hydroxylation is 1. The highest BCUT2D eigenvalue weighted by atomic mass is 16.5. The lowest BCUT2D eigenvalue weighted by Gasteiger charge is -2.16. The predicted molar refractivity (Wildman–Crippen MR) is 76.2 cm³/mol. The quantitative estimate of drug-likeness (QED) is 0.864. The molecule has 2 rings (SSSR count). The Bertz CT molecular complexity index is 522. The van der Waals surface area contributed by atoms with Gasteiger partial charge in [0.15, 0.2) is 0 Å².